The quantitative estimate of drug-likeness (QED) is 0.706. The van der Waals surface area contributed by atoms with Crippen LogP contribution in [-0.2, 0) is 14.6 Å². The molecule has 3 aliphatic heterocycles. The van der Waals surface area contributed by atoms with E-state index < -0.39 is 9.84 Å². The molecule has 9 heteroatoms. The molecule has 1 atom stereocenters. The van der Waals surface area contributed by atoms with Crippen LogP contribution < -0.4 is 14.4 Å². The second-order valence-corrected chi connectivity index (χ2v) is 9.79. The first-order valence-corrected chi connectivity index (χ1v) is 11.2. The van der Waals surface area contributed by atoms with Gasteiger partial charge in [0, 0.05) is 12.5 Å². The molecule has 2 saturated heterocycles. The molecule has 3 aliphatic rings. The Hall–Kier alpha value is -1.77. The smallest absolute Gasteiger partial charge is 0.246 e. The molecule has 0 radical (unpaired) electrons. The molecule has 0 spiro atoms. The van der Waals surface area contributed by atoms with Gasteiger partial charge in [-0.3, -0.25) is 4.79 Å². The minimum absolute atomic E-state index is 0.0538. The lowest BCUT2D eigenvalue weighted by Crippen LogP contribution is -3.18. The number of quaternary nitrogens is 1. The van der Waals surface area contributed by atoms with Gasteiger partial charge in [0.25, 0.3) is 0 Å². The van der Waals surface area contributed by atoms with Gasteiger partial charge in [0.05, 0.1) is 37.0 Å². The van der Waals surface area contributed by atoms with Crippen molar-refractivity contribution >= 4 is 33.4 Å². The van der Waals surface area contributed by atoms with Gasteiger partial charge in [-0.15, -0.1) is 0 Å². The Morgan fingerprint density at radius 1 is 1.26 bits per heavy atom. The number of hydrogen-bond donors (Lipinski definition) is 1. The van der Waals surface area contributed by atoms with E-state index in [1.165, 1.54) is 4.90 Å². The average molecular weight is 414 g/mol. The average Bonchev–Trinajstić information content (AvgIpc) is 3.26. The summed E-state index contributed by atoms with van der Waals surface area (Å²) in [6.07, 6.45) is 3.99. The third-order valence-electron chi connectivity index (χ3n) is 5.40. The summed E-state index contributed by atoms with van der Waals surface area (Å²) in [6, 6.07) is 3.71. The van der Waals surface area contributed by atoms with Crippen LogP contribution in [0.4, 0.5) is 0 Å². The summed E-state index contributed by atoms with van der Waals surface area (Å²) in [5.74, 6) is 1.64. The van der Waals surface area contributed by atoms with Crippen LogP contribution in [0.1, 0.15) is 12.0 Å². The van der Waals surface area contributed by atoms with Crippen LogP contribution in [0.25, 0.3) is 6.08 Å². The molecule has 0 unspecified atom stereocenters. The molecule has 0 aliphatic carbocycles. The summed E-state index contributed by atoms with van der Waals surface area (Å²) in [7, 11) is -2.86. The zero-order valence-electron chi connectivity index (χ0n) is 14.8. The predicted molar refractivity (Wildman–Crippen MR) is 101 cm³/mol. The van der Waals surface area contributed by atoms with Gasteiger partial charge in [-0.2, -0.15) is 0 Å². The first kappa shape index (κ1) is 18.6. The molecule has 1 amide bonds. The highest BCUT2D eigenvalue weighted by atomic mass is 35.5. The Morgan fingerprint density at radius 3 is 2.74 bits per heavy atom. The van der Waals surface area contributed by atoms with Crippen molar-refractivity contribution in [3.8, 4) is 11.5 Å². The maximum atomic E-state index is 12.5. The molecule has 3 heterocycles. The van der Waals surface area contributed by atoms with E-state index in [9.17, 15) is 13.2 Å². The normalized spacial score (nSPS) is 24.6. The summed E-state index contributed by atoms with van der Waals surface area (Å²) >= 11 is 6.16. The van der Waals surface area contributed by atoms with Gasteiger partial charge in [-0.05, 0) is 23.8 Å². The Kier molecular flexibility index (Phi) is 5.05. The van der Waals surface area contributed by atoms with Crippen molar-refractivity contribution in [2.45, 2.75) is 12.5 Å². The van der Waals surface area contributed by atoms with Crippen LogP contribution in [0.2, 0.25) is 5.02 Å². The fourth-order valence-electron chi connectivity index (χ4n) is 3.90. The molecule has 1 aromatic rings. The van der Waals surface area contributed by atoms with Crippen molar-refractivity contribution < 1.29 is 27.6 Å². The second kappa shape index (κ2) is 7.33. The number of nitrogens with one attached hydrogen (secondary N) is 1. The molecule has 7 nitrogen and oxygen atoms in total. The fraction of sp³-hybridized carbons (Fsp3) is 0.500. The molecule has 2 fully saturated rings. The lowest BCUT2D eigenvalue weighted by molar-refractivity contribution is -0.925. The molecule has 0 aromatic heterocycles. The standard InChI is InChI=1S/C18H21ClN2O5S/c19-15-9-13(10-16-18(15)26-12-25-16)1-2-17(22)21-6-4-20(5-7-21)14-3-8-27(23,24)11-14/h1-2,9-10,14H,3-8,11-12H2/p+1/b2-1+/t14-/m1/s1. The Balaban J connectivity index is 1.33. The number of ether oxygens (including phenoxy) is 2. The van der Waals surface area contributed by atoms with E-state index in [1.807, 2.05) is 0 Å². The van der Waals surface area contributed by atoms with E-state index in [0.717, 1.165) is 25.1 Å². The van der Waals surface area contributed by atoms with Crippen molar-refractivity contribution in [2.24, 2.45) is 0 Å². The van der Waals surface area contributed by atoms with Gasteiger partial charge in [-0.25, -0.2) is 8.42 Å². The van der Waals surface area contributed by atoms with Crippen LogP contribution in [0.15, 0.2) is 18.2 Å². The van der Waals surface area contributed by atoms with Gasteiger partial charge >= 0.3 is 0 Å². The summed E-state index contributed by atoms with van der Waals surface area (Å²) in [5, 5.41) is 0.459. The first-order valence-electron chi connectivity index (χ1n) is 9.02. The molecular weight excluding hydrogens is 392 g/mol. The summed E-state index contributed by atoms with van der Waals surface area (Å²) < 4.78 is 33.9. The van der Waals surface area contributed by atoms with Crippen LogP contribution in [0.3, 0.4) is 0 Å². The summed E-state index contributed by atoms with van der Waals surface area (Å²) in [4.78, 5) is 15.6. The summed E-state index contributed by atoms with van der Waals surface area (Å²) in [6.45, 7) is 3.00. The van der Waals surface area contributed by atoms with Crippen molar-refractivity contribution in [1.82, 2.24) is 4.90 Å². The van der Waals surface area contributed by atoms with E-state index >= 15 is 0 Å². The number of rotatable bonds is 3. The number of nitrogens with zero attached hydrogens (tertiary/aromatic N) is 1. The molecule has 0 bridgehead atoms. The van der Waals surface area contributed by atoms with Crippen LogP contribution in [-0.4, -0.2) is 69.7 Å². The van der Waals surface area contributed by atoms with E-state index in [4.69, 9.17) is 21.1 Å². The number of carbonyl (C=O) groups is 1. The van der Waals surface area contributed by atoms with E-state index in [1.54, 1.807) is 29.2 Å². The lowest BCUT2D eigenvalue weighted by atomic mass is 10.1. The minimum Gasteiger partial charge on any atom is -0.454 e. The zero-order valence-corrected chi connectivity index (χ0v) is 16.4. The number of sulfone groups is 1. The highest BCUT2D eigenvalue weighted by molar-refractivity contribution is 7.91. The molecule has 146 valence electrons. The molecule has 4 rings (SSSR count). The van der Waals surface area contributed by atoms with Crippen molar-refractivity contribution in [3.63, 3.8) is 0 Å². The van der Waals surface area contributed by atoms with Gasteiger partial charge in [0.15, 0.2) is 21.3 Å². The zero-order chi connectivity index (χ0) is 19.0. The largest absolute Gasteiger partial charge is 0.454 e. The summed E-state index contributed by atoms with van der Waals surface area (Å²) in [5.41, 5.74) is 0.776. The van der Waals surface area contributed by atoms with Gasteiger partial charge in [0.2, 0.25) is 12.7 Å². The molecule has 0 saturated carbocycles. The number of halogens is 1. The van der Waals surface area contributed by atoms with E-state index in [2.05, 4.69) is 0 Å². The number of carbonyl (C=O) groups excluding carboxylic acids is 1. The molecule has 1 N–H and O–H groups in total. The highest BCUT2D eigenvalue weighted by Gasteiger charge is 2.37. The van der Waals surface area contributed by atoms with E-state index in [-0.39, 0.29) is 24.5 Å². The number of amides is 1. The number of fused-ring (bicyclic) bond motifs is 1. The third kappa shape index (κ3) is 4.07. The number of piperazine rings is 1. The van der Waals surface area contributed by atoms with E-state index in [0.29, 0.717) is 35.4 Å². The van der Waals surface area contributed by atoms with Crippen LogP contribution >= 0.6 is 11.6 Å². The first-order chi connectivity index (χ1) is 12.9. The van der Waals surface area contributed by atoms with Gasteiger partial charge in [0.1, 0.15) is 11.8 Å². The molecular formula is C18H22ClN2O5S+. The third-order valence-corrected chi connectivity index (χ3v) is 7.44. The topological polar surface area (TPSA) is 77.3 Å². The molecule has 1 aromatic carbocycles. The fourth-order valence-corrected chi connectivity index (χ4v) is 6.00. The molecule has 27 heavy (non-hydrogen) atoms. The second-order valence-electron chi connectivity index (χ2n) is 7.15. The van der Waals surface area contributed by atoms with Crippen LogP contribution in [0.5, 0.6) is 11.5 Å². The van der Waals surface area contributed by atoms with Crippen molar-refractivity contribution in [1.29, 1.82) is 0 Å². The predicted octanol–water partition coefficient (Wildman–Crippen LogP) is -0.00390. The lowest BCUT2D eigenvalue weighted by Gasteiger charge is -2.34. The maximum Gasteiger partial charge on any atom is 0.246 e. The van der Waals surface area contributed by atoms with Gasteiger partial charge < -0.3 is 19.3 Å². The monoisotopic (exact) mass is 413 g/mol. The Bertz CT molecular complexity index is 878. The number of hydrogen-bond acceptors (Lipinski definition) is 5. The van der Waals surface area contributed by atoms with Crippen molar-refractivity contribution in [2.75, 3.05) is 44.5 Å². The van der Waals surface area contributed by atoms with Gasteiger partial charge in [-0.1, -0.05) is 11.6 Å². The number of benzene rings is 1. The maximum absolute atomic E-state index is 12.5. The minimum atomic E-state index is -2.86. The highest BCUT2D eigenvalue weighted by Crippen LogP contribution is 2.40. The Labute approximate surface area is 163 Å². The van der Waals surface area contributed by atoms with Crippen molar-refractivity contribution in [3.05, 3.63) is 28.8 Å². The SMILES string of the molecule is O=C(/C=C/c1cc(Cl)c2c(c1)OCO2)N1CC[NH+]([C@@H]2CCS(=O)(=O)C2)CC1. The van der Waals surface area contributed by atoms with Crippen LogP contribution in [0, 0.1) is 0 Å². The Morgan fingerprint density at radius 2 is 2.04 bits per heavy atom.